The number of hydrogen-bond donors (Lipinski definition) is 1. The SMILES string of the molecule is Cc1ncc2n1Cc1ccc(C#N)c(c1)Oc1cccc(c1)C(=O)Nc1ccccc1CN(C(=O)OC(C)(C)C)CC2. The van der Waals surface area contributed by atoms with Crippen LogP contribution >= 0.6 is 0 Å². The van der Waals surface area contributed by atoms with Gasteiger partial charge in [0, 0.05) is 42.7 Å². The van der Waals surface area contributed by atoms with Crippen LogP contribution < -0.4 is 10.1 Å². The highest BCUT2D eigenvalue weighted by Crippen LogP contribution is 2.29. The molecule has 5 rings (SSSR count). The summed E-state index contributed by atoms with van der Waals surface area (Å²) in [7, 11) is 0. The fourth-order valence-corrected chi connectivity index (χ4v) is 4.77. The van der Waals surface area contributed by atoms with E-state index in [2.05, 4.69) is 20.9 Å². The molecule has 4 bridgehead atoms. The predicted molar refractivity (Wildman–Crippen MR) is 158 cm³/mol. The molecule has 1 aliphatic rings. The lowest BCUT2D eigenvalue weighted by atomic mass is 10.1. The molecule has 0 unspecified atom stereocenters. The molecule has 1 aliphatic heterocycles. The zero-order valence-corrected chi connectivity index (χ0v) is 24.2. The molecule has 9 heteroatoms. The van der Waals surface area contributed by atoms with Gasteiger partial charge in [-0.25, -0.2) is 9.78 Å². The second-order valence-electron chi connectivity index (χ2n) is 11.2. The van der Waals surface area contributed by atoms with Crippen LogP contribution in [0.1, 0.15) is 59.3 Å². The molecule has 214 valence electrons. The number of nitrogens with one attached hydrogen (secondary N) is 1. The number of hydrogen-bond acceptors (Lipinski definition) is 6. The average Bonchev–Trinajstić information content (AvgIpc) is 3.29. The number of nitriles is 1. The molecule has 2 heterocycles. The van der Waals surface area contributed by atoms with Crippen LogP contribution in [0.4, 0.5) is 10.5 Å². The molecular weight excluding hydrogens is 530 g/mol. The van der Waals surface area contributed by atoms with Crippen molar-refractivity contribution < 1.29 is 19.1 Å². The minimum Gasteiger partial charge on any atom is -0.456 e. The number of ether oxygens (including phenoxy) is 2. The van der Waals surface area contributed by atoms with Gasteiger partial charge in [0.1, 0.15) is 29.0 Å². The number of fused-ring (bicyclic) bond motifs is 6. The summed E-state index contributed by atoms with van der Waals surface area (Å²) in [5.74, 6) is 1.33. The van der Waals surface area contributed by atoms with Gasteiger partial charge in [-0.3, -0.25) is 4.79 Å². The van der Waals surface area contributed by atoms with Crippen LogP contribution in [0.3, 0.4) is 0 Å². The molecule has 0 fully saturated rings. The van der Waals surface area contributed by atoms with Crippen molar-refractivity contribution in [2.24, 2.45) is 0 Å². The van der Waals surface area contributed by atoms with Gasteiger partial charge < -0.3 is 24.3 Å². The number of anilines is 1. The third-order valence-electron chi connectivity index (χ3n) is 6.89. The summed E-state index contributed by atoms with van der Waals surface area (Å²) >= 11 is 0. The molecule has 0 atom stereocenters. The maximum atomic E-state index is 13.4. The minimum atomic E-state index is -0.671. The van der Waals surface area contributed by atoms with E-state index in [0.717, 1.165) is 22.6 Å². The van der Waals surface area contributed by atoms with Crippen molar-refractivity contribution in [3.8, 4) is 17.6 Å². The number of rotatable bonds is 0. The first-order valence-electron chi connectivity index (χ1n) is 13.8. The van der Waals surface area contributed by atoms with E-state index in [0.29, 0.717) is 47.8 Å². The van der Waals surface area contributed by atoms with E-state index < -0.39 is 11.7 Å². The number of imidazole rings is 1. The molecule has 0 saturated heterocycles. The molecule has 0 spiro atoms. The molecule has 9 nitrogen and oxygen atoms in total. The monoisotopic (exact) mass is 563 g/mol. The fraction of sp³-hybridized carbons (Fsp3) is 0.273. The van der Waals surface area contributed by atoms with Crippen LogP contribution in [0, 0.1) is 18.3 Å². The number of para-hydroxylation sites is 1. The summed E-state index contributed by atoms with van der Waals surface area (Å²) in [5, 5.41) is 12.7. The topological polar surface area (TPSA) is 109 Å². The molecule has 2 amide bonds. The molecule has 4 aromatic rings. The standard InChI is InChI=1S/C33H33N5O4/c1-22-35-19-27-14-15-37(32(40)42-33(2,3)4)21-26-8-5-6-11-29(26)36-31(39)24-9-7-10-28(17-24)41-30-16-23(20-38(22)27)12-13-25(30)18-34/h5-13,16-17,19H,14-15,20-21H2,1-4H3,(H,36,39). The van der Waals surface area contributed by atoms with Crippen molar-refractivity contribution in [3.63, 3.8) is 0 Å². The van der Waals surface area contributed by atoms with E-state index >= 15 is 0 Å². The summed E-state index contributed by atoms with van der Waals surface area (Å²) in [6.45, 7) is 8.55. The normalized spacial score (nSPS) is 13.8. The van der Waals surface area contributed by atoms with Gasteiger partial charge in [-0.1, -0.05) is 30.3 Å². The summed E-state index contributed by atoms with van der Waals surface area (Å²) < 4.78 is 14.0. The van der Waals surface area contributed by atoms with Crippen LogP contribution in [0.5, 0.6) is 11.5 Å². The van der Waals surface area contributed by atoms with E-state index in [1.54, 1.807) is 35.2 Å². The Bertz CT molecular complexity index is 1680. The van der Waals surface area contributed by atoms with Gasteiger partial charge in [0.2, 0.25) is 0 Å². The van der Waals surface area contributed by atoms with Gasteiger partial charge in [-0.2, -0.15) is 5.26 Å². The zero-order chi connectivity index (χ0) is 29.9. The van der Waals surface area contributed by atoms with E-state index in [4.69, 9.17) is 9.47 Å². The highest BCUT2D eigenvalue weighted by Gasteiger charge is 2.24. The number of benzene rings is 3. The number of carbonyl (C=O) groups excluding carboxylic acids is 2. The quantitative estimate of drug-likeness (QED) is 0.263. The Kier molecular flexibility index (Phi) is 7.98. The Morgan fingerprint density at radius 3 is 2.67 bits per heavy atom. The molecule has 42 heavy (non-hydrogen) atoms. The molecular formula is C33H33N5O4. The fourth-order valence-electron chi connectivity index (χ4n) is 4.77. The maximum absolute atomic E-state index is 13.4. The molecule has 0 aliphatic carbocycles. The number of aryl methyl sites for hydroxylation is 1. The maximum Gasteiger partial charge on any atom is 0.410 e. The number of aromatic nitrogens is 2. The lowest BCUT2D eigenvalue weighted by Gasteiger charge is -2.28. The first kappa shape index (κ1) is 28.4. The minimum absolute atomic E-state index is 0.237. The Hall–Kier alpha value is -5.10. The van der Waals surface area contributed by atoms with Crippen LogP contribution in [0.15, 0.2) is 72.9 Å². The Labute approximate surface area is 245 Å². The van der Waals surface area contributed by atoms with Crippen molar-refractivity contribution >= 4 is 17.7 Å². The Balaban J connectivity index is 1.59. The second kappa shape index (κ2) is 11.8. The summed E-state index contributed by atoms with van der Waals surface area (Å²) in [6.07, 6.45) is 1.91. The van der Waals surface area contributed by atoms with Gasteiger partial charge >= 0.3 is 6.09 Å². The van der Waals surface area contributed by atoms with Crippen LogP contribution in [0.25, 0.3) is 0 Å². The first-order valence-corrected chi connectivity index (χ1v) is 13.8. The molecule has 3 aromatic carbocycles. The second-order valence-corrected chi connectivity index (χ2v) is 11.2. The van der Waals surface area contributed by atoms with Gasteiger partial charge in [0.15, 0.2) is 0 Å². The summed E-state index contributed by atoms with van der Waals surface area (Å²) in [6, 6.07) is 21.8. The van der Waals surface area contributed by atoms with Crippen molar-refractivity contribution in [1.29, 1.82) is 5.26 Å². The Morgan fingerprint density at radius 1 is 1.07 bits per heavy atom. The third-order valence-corrected chi connectivity index (χ3v) is 6.89. The van der Waals surface area contributed by atoms with Crippen LogP contribution in [-0.2, 0) is 24.2 Å². The average molecular weight is 564 g/mol. The largest absolute Gasteiger partial charge is 0.456 e. The first-order chi connectivity index (χ1) is 20.1. The van der Waals surface area contributed by atoms with E-state index in [1.165, 1.54) is 0 Å². The van der Waals surface area contributed by atoms with E-state index in [-0.39, 0.29) is 12.5 Å². The van der Waals surface area contributed by atoms with Gasteiger partial charge in [-0.15, -0.1) is 0 Å². The lowest BCUT2D eigenvalue weighted by molar-refractivity contribution is 0.0235. The van der Waals surface area contributed by atoms with Crippen LogP contribution in [-0.4, -0.2) is 38.6 Å². The van der Waals surface area contributed by atoms with E-state index in [1.807, 2.05) is 70.3 Å². The van der Waals surface area contributed by atoms with Crippen molar-refractivity contribution in [1.82, 2.24) is 14.5 Å². The molecule has 0 saturated carbocycles. The van der Waals surface area contributed by atoms with Crippen molar-refractivity contribution in [2.45, 2.75) is 52.8 Å². The van der Waals surface area contributed by atoms with Crippen molar-refractivity contribution in [3.05, 3.63) is 107 Å². The summed E-state index contributed by atoms with van der Waals surface area (Å²) in [4.78, 5) is 32.9. The van der Waals surface area contributed by atoms with Gasteiger partial charge in [0.25, 0.3) is 5.91 Å². The third kappa shape index (κ3) is 6.61. The lowest BCUT2D eigenvalue weighted by Crippen LogP contribution is -2.38. The molecule has 0 radical (unpaired) electrons. The van der Waals surface area contributed by atoms with Gasteiger partial charge in [-0.05, 0) is 75.2 Å². The van der Waals surface area contributed by atoms with Crippen LogP contribution in [0.2, 0.25) is 0 Å². The summed E-state index contributed by atoms with van der Waals surface area (Å²) in [5.41, 5.74) is 3.32. The number of nitrogens with zero attached hydrogens (tertiary/aromatic N) is 4. The predicted octanol–water partition coefficient (Wildman–Crippen LogP) is 6.45. The van der Waals surface area contributed by atoms with Gasteiger partial charge in [0.05, 0.1) is 12.1 Å². The molecule has 1 N–H and O–H groups in total. The smallest absolute Gasteiger partial charge is 0.410 e. The highest BCUT2D eigenvalue weighted by atomic mass is 16.6. The van der Waals surface area contributed by atoms with E-state index in [9.17, 15) is 14.9 Å². The number of carbonyl (C=O) groups is 2. The highest BCUT2D eigenvalue weighted by molar-refractivity contribution is 6.04. The molecule has 1 aromatic heterocycles. The number of amides is 2. The Morgan fingerprint density at radius 2 is 1.88 bits per heavy atom. The zero-order valence-electron chi connectivity index (χ0n) is 24.2. The van der Waals surface area contributed by atoms with Crippen molar-refractivity contribution in [2.75, 3.05) is 11.9 Å².